The van der Waals surface area contributed by atoms with Crippen LogP contribution >= 0.6 is 0 Å². The summed E-state index contributed by atoms with van der Waals surface area (Å²) in [4.78, 5) is 44.0. The maximum atomic E-state index is 14.1. The maximum absolute atomic E-state index is 14.1. The number of hydrogen-bond acceptors (Lipinski definition) is 3. The molecule has 0 saturated carbocycles. The van der Waals surface area contributed by atoms with Gasteiger partial charge in [-0.3, -0.25) is 19.3 Å². The number of nitrogens with zero attached hydrogens (tertiary/aromatic N) is 2. The first-order chi connectivity index (χ1) is 18.5. The fraction of sp³-hybridized carbons (Fsp3) is 0.219. The molecule has 0 bridgehead atoms. The normalized spacial score (nSPS) is 13.0. The van der Waals surface area contributed by atoms with E-state index >= 15 is 0 Å². The minimum Gasteiger partial charge on any atom is -0.355 e. The summed E-state index contributed by atoms with van der Waals surface area (Å²) in [5.41, 5.74) is 4.32. The van der Waals surface area contributed by atoms with Crippen molar-refractivity contribution in [3.63, 3.8) is 0 Å². The Labute approximate surface area is 222 Å². The standard InChI is InChI=1S/C32H31N3O3/c1-3-33-31(37)28(19-23-9-5-4-6-10-23)34(20-24-17-15-22(2)16-18-24)29(36)21-35-27-14-8-12-25-11-7-13-26(30(25)27)32(35)38/h4-18,28H,3,19-21H2,1-2H3,(H,33,37)/t28-/m0/s1. The Morgan fingerprint density at radius 1 is 0.868 bits per heavy atom. The molecule has 6 heteroatoms. The summed E-state index contributed by atoms with van der Waals surface area (Å²) in [6.45, 7) is 4.44. The lowest BCUT2D eigenvalue weighted by Gasteiger charge is -2.33. The van der Waals surface area contributed by atoms with Gasteiger partial charge in [0, 0.05) is 30.5 Å². The fourth-order valence-corrected chi connectivity index (χ4v) is 5.10. The van der Waals surface area contributed by atoms with Crippen molar-refractivity contribution in [1.29, 1.82) is 0 Å². The van der Waals surface area contributed by atoms with Crippen LogP contribution in [0, 0.1) is 6.92 Å². The predicted molar refractivity (Wildman–Crippen MR) is 150 cm³/mol. The first-order valence-electron chi connectivity index (χ1n) is 13.0. The third-order valence-electron chi connectivity index (χ3n) is 7.04. The van der Waals surface area contributed by atoms with Gasteiger partial charge in [0.05, 0.1) is 5.69 Å². The van der Waals surface area contributed by atoms with Crippen LogP contribution < -0.4 is 10.2 Å². The average Bonchev–Trinajstić information content (AvgIpc) is 3.20. The van der Waals surface area contributed by atoms with E-state index in [0.29, 0.717) is 18.5 Å². The zero-order valence-corrected chi connectivity index (χ0v) is 21.7. The SMILES string of the molecule is CCNC(=O)[C@H](Cc1ccccc1)N(Cc1ccc(C)cc1)C(=O)CN1C(=O)c2cccc3cccc1c23. The van der Waals surface area contributed by atoms with Gasteiger partial charge in [0.2, 0.25) is 11.8 Å². The third-order valence-corrected chi connectivity index (χ3v) is 7.04. The zero-order chi connectivity index (χ0) is 26.6. The maximum Gasteiger partial charge on any atom is 0.259 e. The van der Waals surface area contributed by atoms with Crippen molar-refractivity contribution in [1.82, 2.24) is 10.2 Å². The number of nitrogens with one attached hydrogen (secondary N) is 1. The van der Waals surface area contributed by atoms with Gasteiger partial charge >= 0.3 is 0 Å². The number of rotatable bonds is 9. The van der Waals surface area contributed by atoms with E-state index < -0.39 is 6.04 Å². The molecular formula is C32H31N3O3. The van der Waals surface area contributed by atoms with E-state index in [1.165, 1.54) is 0 Å². The Balaban J connectivity index is 1.50. The molecule has 0 spiro atoms. The molecule has 1 heterocycles. The highest BCUT2D eigenvalue weighted by Crippen LogP contribution is 2.37. The van der Waals surface area contributed by atoms with Gasteiger partial charge in [0.1, 0.15) is 12.6 Å². The number of likely N-dealkylation sites (N-methyl/N-ethyl adjacent to an activating group) is 1. The van der Waals surface area contributed by atoms with Crippen LogP contribution in [0.2, 0.25) is 0 Å². The monoisotopic (exact) mass is 505 g/mol. The summed E-state index contributed by atoms with van der Waals surface area (Å²) in [6.07, 6.45) is 0.369. The van der Waals surface area contributed by atoms with Crippen LogP contribution in [0.5, 0.6) is 0 Å². The molecule has 0 aliphatic carbocycles. The minimum atomic E-state index is -0.734. The summed E-state index contributed by atoms with van der Waals surface area (Å²) < 4.78 is 0. The van der Waals surface area contributed by atoms with Gasteiger partial charge in [-0.25, -0.2) is 0 Å². The lowest BCUT2D eigenvalue weighted by molar-refractivity contribution is -0.140. The Bertz CT molecular complexity index is 1480. The van der Waals surface area contributed by atoms with Gasteiger partial charge in [-0.2, -0.15) is 0 Å². The number of anilines is 1. The van der Waals surface area contributed by atoms with Crippen LogP contribution in [0.1, 0.15) is 34.0 Å². The van der Waals surface area contributed by atoms with Crippen molar-refractivity contribution in [2.24, 2.45) is 0 Å². The highest BCUT2D eigenvalue weighted by molar-refractivity contribution is 6.26. The number of aryl methyl sites for hydroxylation is 1. The van der Waals surface area contributed by atoms with Crippen LogP contribution in [0.3, 0.4) is 0 Å². The van der Waals surface area contributed by atoms with Gasteiger partial charge in [-0.1, -0.05) is 84.4 Å². The predicted octanol–water partition coefficient (Wildman–Crippen LogP) is 4.88. The molecule has 1 aliphatic heterocycles. The number of carbonyl (C=O) groups excluding carboxylic acids is 3. The van der Waals surface area contributed by atoms with Gasteiger partial charge in [0.15, 0.2) is 0 Å². The van der Waals surface area contributed by atoms with E-state index in [1.54, 1.807) is 15.9 Å². The van der Waals surface area contributed by atoms with E-state index in [2.05, 4.69) is 5.32 Å². The van der Waals surface area contributed by atoms with E-state index in [1.807, 2.05) is 98.8 Å². The summed E-state index contributed by atoms with van der Waals surface area (Å²) in [5.74, 6) is -0.691. The molecule has 5 rings (SSSR count). The molecule has 38 heavy (non-hydrogen) atoms. The minimum absolute atomic E-state index is 0.150. The number of carbonyl (C=O) groups is 3. The Morgan fingerprint density at radius 2 is 1.58 bits per heavy atom. The lowest BCUT2D eigenvalue weighted by atomic mass is 10.0. The smallest absolute Gasteiger partial charge is 0.259 e. The summed E-state index contributed by atoms with van der Waals surface area (Å²) in [5, 5.41) is 4.74. The second-order valence-electron chi connectivity index (χ2n) is 9.68. The van der Waals surface area contributed by atoms with Crippen molar-refractivity contribution >= 4 is 34.2 Å². The number of amides is 3. The van der Waals surface area contributed by atoms with Gasteiger partial charge in [-0.15, -0.1) is 0 Å². The van der Waals surface area contributed by atoms with Crippen LogP contribution in [0.4, 0.5) is 5.69 Å². The first kappa shape index (κ1) is 25.2. The van der Waals surface area contributed by atoms with E-state index in [-0.39, 0.29) is 30.8 Å². The molecule has 4 aromatic rings. The van der Waals surface area contributed by atoms with Crippen molar-refractivity contribution in [2.75, 3.05) is 18.0 Å². The molecule has 3 amide bonds. The molecule has 0 radical (unpaired) electrons. The van der Waals surface area contributed by atoms with Crippen LogP contribution in [-0.4, -0.2) is 41.8 Å². The Kier molecular flexibility index (Phi) is 7.22. The molecule has 1 atom stereocenters. The second kappa shape index (κ2) is 10.9. The molecular weight excluding hydrogens is 474 g/mol. The fourth-order valence-electron chi connectivity index (χ4n) is 5.10. The summed E-state index contributed by atoms with van der Waals surface area (Å²) in [7, 11) is 0. The molecule has 6 nitrogen and oxygen atoms in total. The molecule has 1 N–H and O–H groups in total. The summed E-state index contributed by atoms with van der Waals surface area (Å²) in [6, 6.07) is 28.3. The van der Waals surface area contributed by atoms with Crippen LogP contribution in [0.15, 0.2) is 91.0 Å². The van der Waals surface area contributed by atoms with Crippen molar-refractivity contribution < 1.29 is 14.4 Å². The molecule has 4 aromatic carbocycles. The summed E-state index contributed by atoms with van der Waals surface area (Å²) >= 11 is 0. The van der Waals surface area contributed by atoms with Gasteiger partial charge < -0.3 is 10.2 Å². The van der Waals surface area contributed by atoms with Crippen LogP contribution in [0.25, 0.3) is 10.8 Å². The lowest BCUT2D eigenvalue weighted by Crippen LogP contribution is -2.53. The Morgan fingerprint density at radius 3 is 2.29 bits per heavy atom. The molecule has 0 fully saturated rings. The topological polar surface area (TPSA) is 69.7 Å². The quantitative estimate of drug-likeness (QED) is 0.352. The van der Waals surface area contributed by atoms with E-state index in [0.717, 1.165) is 33.2 Å². The highest BCUT2D eigenvalue weighted by atomic mass is 16.2. The molecule has 0 saturated heterocycles. The molecule has 0 unspecified atom stereocenters. The largest absolute Gasteiger partial charge is 0.355 e. The van der Waals surface area contributed by atoms with E-state index in [9.17, 15) is 14.4 Å². The zero-order valence-electron chi connectivity index (χ0n) is 21.7. The van der Waals surface area contributed by atoms with Gasteiger partial charge in [0.25, 0.3) is 5.91 Å². The number of hydrogen-bond donors (Lipinski definition) is 1. The Hall–Kier alpha value is -4.45. The highest BCUT2D eigenvalue weighted by Gasteiger charge is 2.35. The van der Waals surface area contributed by atoms with E-state index in [4.69, 9.17) is 0 Å². The van der Waals surface area contributed by atoms with Crippen molar-refractivity contribution in [3.05, 3.63) is 113 Å². The average molecular weight is 506 g/mol. The number of benzene rings is 4. The molecule has 0 aromatic heterocycles. The third kappa shape index (κ3) is 5.02. The van der Waals surface area contributed by atoms with Crippen molar-refractivity contribution in [2.45, 2.75) is 32.9 Å². The van der Waals surface area contributed by atoms with Crippen molar-refractivity contribution in [3.8, 4) is 0 Å². The molecule has 1 aliphatic rings. The molecule has 192 valence electrons. The van der Waals surface area contributed by atoms with Gasteiger partial charge in [-0.05, 0) is 42.5 Å². The first-order valence-corrected chi connectivity index (χ1v) is 13.0. The second-order valence-corrected chi connectivity index (χ2v) is 9.68. The van der Waals surface area contributed by atoms with Crippen LogP contribution in [-0.2, 0) is 22.6 Å².